The fraction of sp³-hybridized carbons (Fsp3) is 0.556. The molecule has 1 aromatic carbocycles. The van der Waals surface area contributed by atoms with Gasteiger partial charge in [-0.1, -0.05) is 25.1 Å². The molecule has 1 aromatic rings. The minimum Gasteiger partial charge on any atom is -0.478 e. The molecule has 1 saturated heterocycles. The summed E-state index contributed by atoms with van der Waals surface area (Å²) < 4.78 is 5.92. The highest BCUT2D eigenvalue weighted by molar-refractivity contribution is 5.81. The lowest BCUT2D eigenvalue weighted by Gasteiger charge is -2.39. The fourth-order valence-corrected chi connectivity index (χ4v) is 2.80. The molecule has 1 aliphatic heterocycles. The molecule has 6 heteroatoms. The van der Waals surface area contributed by atoms with Crippen molar-refractivity contribution in [2.45, 2.75) is 32.3 Å². The molecular weight excluding hydrogens is 308 g/mol. The van der Waals surface area contributed by atoms with E-state index in [0.717, 1.165) is 12.1 Å². The predicted octanol–water partition coefficient (Wildman–Crippen LogP) is 1.77. The van der Waals surface area contributed by atoms with Gasteiger partial charge in [0.25, 0.3) is 0 Å². The normalized spacial score (nSPS) is 16.9. The van der Waals surface area contributed by atoms with Gasteiger partial charge in [-0.3, -0.25) is 9.69 Å². The lowest BCUT2D eigenvalue weighted by Crippen LogP contribution is -2.55. The van der Waals surface area contributed by atoms with E-state index in [9.17, 15) is 14.7 Å². The van der Waals surface area contributed by atoms with Gasteiger partial charge in [0.05, 0.1) is 6.54 Å². The number of hydrogen-bond donors (Lipinski definition) is 1. The molecule has 0 unspecified atom stereocenters. The van der Waals surface area contributed by atoms with Crippen molar-refractivity contribution in [1.29, 1.82) is 0 Å². The summed E-state index contributed by atoms with van der Waals surface area (Å²) in [4.78, 5) is 27.8. The number of aryl methyl sites for hydroxylation is 1. The lowest BCUT2D eigenvalue weighted by molar-refractivity contribution is -0.162. The third-order valence-corrected chi connectivity index (χ3v) is 4.66. The van der Waals surface area contributed by atoms with Gasteiger partial charge in [0.15, 0.2) is 0 Å². The monoisotopic (exact) mass is 334 g/mol. The number of aliphatic carboxylic acids is 1. The largest absolute Gasteiger partial charge is 0.478 e. The van der Waals surface area contributed by atoms with Crippen LogP contribution < -0.4 is 4.74 Å². The number of benzene rings is 1. The number of amides is 1. The molecule has 0 saturated carbocycles. The Labute approximate surface area is 143 Å². The van der Waals surface area contributed by atoms with Crippen LogP contribution in [0.3, 0.4) is 0 Å². The van der Waals surface area contributed by atoms with Gasteiger partial charge in [-0.05, 0) is 32.1 Å². The Morgan fingerprint density at radius 2 is 1.92 bits per heavy atom. The summed E-state index contributed by atoms with van der Waals surface area (Å²) in [5, 5.41) is 9.71. The smallest absolute Gasteiger partial charge is 0.348 e. The second-order valence-corrected chi connectivity index (χ2v) is 6.38. The first-order chi connectivity index (χ1) is 11.4. The number of carbonyl (C=O) groups excluding carboxylic acids is 1. The molecule has 1 aliphatic rings. The van der Waals surface area contributed by atoms with Crippen molar-refractivity contribution < 1.29 is 19.4 Å². The minimum atomic E-state index is -1.26. The molecule has 2 rings (SSSR count). The highest BCUT2D eigenvalue weighted by Crippen LogP contribution is 2.31. The second kappa shape index (κ2) is 7.66. The highest BCUT2D eigenvalue weighted by Gasteiger charge is 2.45. The number of nitrogens with zero attached hydrogens (tertiary/aromatic N) is 2. The van der Waals surface area contributed by atoms with Gasteiger partial charge in [-0.2, -0.15) is 0 Å². The first-order valence-electron chi connectivity index (χ1n) is 8.32. The Morgan fingerprint density at radius 1 is 1.29 bits per heavy atom. The van der Waals surface area contributed by atoms with Crippen LogP contribution in [0.5, 0.6) is 5.75 Å². The number of rotatable bonds is 6. The lowest BCUT2D eigenvalue weighted by atomic mass is 9.90. The Morgan fingerprint density at radius 3 is 2.46 bits per heavy atom. The quantitative estimate of drug-likeness (QED) is 0.858. The van der Waals surface area contributed by atoms with Crippen LogP contribution in [0, 0.1) is 6.92 Å². The van der Waals surface area contributed by atoms with Crippen LogP contribution in [0.2, 0.25) is 0 Å². The molecule has 1 N–H and O–H groups in total. The molecule has 1 amide bonds. The average Bonchev–Trinajstić information content (AvgIpc) is 2.57. The molecule has 132 valence electrons. The van der Waals surface area contributed by atoms with Crippen molar-refractivity contribution in [3.8, 4) is 5.75 Å². The molecule has 0 bridgehead atoms. The zero-order chi connectivity index (χ0) is 17.7. The van der Waals surface area contributed by atoms with Crippen LogP contribution in [-0.4, -0.2) is 65.6 Å². The maximum atomic E-state index is 12.3. The summed E-state index contributed by atoms with van der Waals surface area (Å²) >= 11 is 0. The summed E-state index contributed by atoms with van der Waals surface area (Å²) in [6.07, 6.45) is 0.580. The van der Waals surface area contributed by atoms with E-state index in [-0.39, 0.29) is 18.7 Å². The molecule has 1 fully saturated rings. The van der Waals surface area contributed by atoms with Crippen molar-refractivity contribution in [3.63, 3.8) is 0 Å². The SMILES string of the molecule is CCN(C)CC(=O)N1CCC(Oc2ccccc2C)(C(=O)O)CC1. The van der Waals surface area contributed by atoms with E-state index in [1.54, 1.807) is 11.0 Å². The third kappa shape index (κ3) is 4.06. The zero-order valence-corrected chi connectivity index (χ0v) is 14.6. The number of hydrogen-bond acceptors (Lipinski definition) is 4. The standard InChI is InChI=1S/C18H26N2O4/c1-4-19(3)13-16(21)20-11-9-18(10-12-20,17(22)23)24-15-8-6-5-7-14(15)2/h5-8H,4,9-13H2,1-3H3,(H,22,23). The van der Waals surface area contributed by atoms with Crippen molar-refractivity contribution in [2.75, 3.05) is 33.2 Å². The van der Waals surface area contributed by atoms with E-state index in [2.05, 4.69) is 0 Å². The summed E-state index contributed by atoms with van der Waals surface area (Å²) in [5.74, 6) is -0.344. The van der Waals surface area contributed by atoms with Crippen LogP contribution in [0.15, 0.2) is 24.3 Å². The van der Waals surface area contributed by atoms with Crippen LogP contribution in [0.1, 0.15) is 25.3 Å². The topological polar surface area (TPSA) is 70.1 Å². The van der Waals surface area contributed by atoms with Gasteiger partial charge >= 0.3 is 5.97 Å². The summed E-state index contributed by atoms with van der Waals surface area (Å²) in [6, 6.07) is 7.40. The number of ether oxygens (including phenoxy) is 1. The number of para-hydroxylation sites is 1. The zero-order valence-electron chi connectivity index (χ0n) is 14.6. The van der Waals surface area contributed by atoms with Gasteiger partial charge < -0.3 is 14.7 Å². The number of carboxylic acids is 1. The van der Waals surface area contributed by atoms with Gasteiger partial charge in [0, 0.05) is 25.9 Å². The Balaban J connectivity index is 2.05. The molecule has 1 heterocycles. The van der Waals surface area contributed by atoms with Crippen LogP contribution in [0.4, 0.5) is 0 Å². The number of likely N-dealkylation sites (N-methyl/N-ethyl adjacent to an activating group) is 1. The van der Waals surface area contributed by atoms with Crippen molar-refractivity contribution in [2.24, 2.45) is 0 Å². The Bertz CT molecular complexity index is 594. The molecule has 6 nitrogen and oxygen atoms in total. The van der Waals surface area contributed by atoms with Gasteiger partial charge in [0.1, 0.15) is 5.75 Å². The number of piperidine rings is 1. The average molecular weight is 334 g/mol. The van der Waals surface area contributed by atoms with E-state index in [1.165, 1.54) is 0 Å². The maximum absolute atomic E-state index is 12.3. The molecule has 0 atom stereocenters. The van der Waals surface area contributed by atoms with Gasteiger partial charge in [0.2, 0.25) is 11.5 Å². The Hall–Kier alpha value is -2.08. The molecule has 0 aliphatic carbocycles. The maximum Gasteiger partial charge on any atom is 0.348 e. The highest BCUT2D eigenvalue weighted by atomic mass is 16.5. The molecule has 0 aromatic heterocycles. The fourth-order valence-electron chi connectivity index (χ4n) is 2.80. The third-order valence-electron chi connectivity index (χ3n) is 4.66. The van der Waals surface area contributed by atoms with Gasteiger partial charge in [-0.25, -0.2) is 4.79 Å². The van der Waals surface area contributed by atoms with Crippen LogP contribution in [0.25, 0.3) is 0 Å². The number of likely N-dealkylation sites (tertiary alicyclic amines) is 1. The summed E-state index contributed by atoms with van der Waals surface area (Å²) in [6.45, 7) is 5.84. The predicted molar refractivity (Wildman–Crippen MR) is 91.2 cm³/mol. The van der Waals surface area contributed by atoms with E-state index in [0.29, 0.717) is 25.4 Å². The second-order valence-electron chi connectivity index (χ2n) is 6.38. The molecular formula is C18H26N2O4. The number of carboxylic acid groups (broad SMARTS) is 1. The summed E-state index contributed by atoms with van der Waals surface area (Å²) in [7, 11) is 1.89. The molecule has 0 spiro atoms. The van der Waals surface area contributed by atoms with Crippen molar-refractivity contribution in [1.82, 2.24) is 9.80 Å². The summed E-state index contributed by atoms with van der Waals surface area (Å²) in [5.41, 5.74) is -0.360. The molecule has 0 radical (unpaired) electrons. The van der Waals surface area contributed by atoms with Crippen LogP contribution in [-0.2, 0) is 9.59 Å². The first-order valence-corrected chi connectivity index (χ1v) is 8.32. The van der Waals surface area contributed by atoms with E-state index < -0.39 is 11.6 Å². The van der Waals surface area contributed by atoms with Crippen molar-refractivity contribution in [3.05, 3.63) is 29.8 Å². The molecule has 24 heavy (non-hydrogen) atoms. The van der Waals surface area contributed by atoms with Crippen molar-refractivity contribution >= 4 is 11.9 Å². The minimum absolute atomic E-state index is 0.0363. The van der Waals surface area contributed by atoms with E-state index in [1.807, 2.05) is 44.0 Å². The van der Waals surface area contributed by atoms with E-state index >= 15 is 0 Å². The van der Waals surface area contributed by atoms with Crippen LogP contribution >= 0.6 is 0 Å². The van der Waals surface area contributed by atoms with E-state index in [4.69, 9.17) is 4.74 Å². The van der Waals surface area contributed by atoms with Gasteiger partial charge in [-0.15, -0.1) is 0 Å². The Kier molecular flexibility index (Phi) is 5.83. The first kappa shape index (κ1) is 18.3. The number of carbonyl (C=O) groups is 2.